The predicted octanol–water partition coefficient (Wildman–Crippen LogP) is 3.69. The maximum absolute atomic E-state index is 12.5. The van der Waals surface area contributed by atoms with Crippen molar-refractivity contribution >= 4 is 29.1 Å². The van der Waals surface area contributed by atoms with Crippen molar-refractivity contribution in [2.75, 3.05) is 19.0 Å². The smallest absolute Gasteiger partial charge is 0.274 e. The van der Waals surface area contributed by atoms with Gasteiger partial charge in [-0.2, -0.15) is 0 Å². The van der Waals surface area contributed by atoms with E-state index in [0.29, 0.717) is 34.5 Å². The van der Waals surface area contributed by atoms with Crippen molar-refractivity contribution in [2.45, 2.75) is 20.8 Å². The minimum absolute atomic E-state index is 0.136. The van der Waals surface area contributed by atoms with E-state index in [1.807, 2.05) is 20.8 Å². The number of amides is 2. The molecule has 0 saturated carbocycles. The molecule has 1 heterocycles. The summed E-state index contributed by atoms with van der Waals surface area (Å²) in [5, 5.41) is 6.10. The number of ether oxygens (including phenoxy) is 1. The molecule has 138 valence electrons. The van der Waals surface area contributed by atoms with Crippen LogP contribution in [0.25, 0.3) is 0 Å². The van der Waals surface area contributed by atoms with Crippen molar-refractivity contribution < 1.29 is 14.3 Å². The van der Waals surface area contributed by atoms with E-state index in [0.717, 1.165) is 5.56 Å². The van der Waals surface area contributed by atoms with Crippen LogP contribution in [0.1, 0.15) is 40.3 Å². The Kier molecular flexibility index (Phi) is 6.58. The molecule has 0 aliphatic heterocycles. The minimum Gasteiger partial charge on any atom is -0.495 e. The van der Waals surface area contributed by atoms with Crippen molar-refractivity contribution in [1.82, 2.24) is 10.3 Å². The number of pyridine rings is 1. The largest absolute Gasteiger partial charge is 0.495 e. The van der Waals surface area contributed by atoms with Crippen LogP contribution in [0.2, 0.25) is 5.02 Å². The van der Waals surface area contributed by atoms with Crippen LogP contribution < -0.4 is 15.4 Å². The monoisotopic (exact) mass is 375 g/mol. The molecule has 0 aliphatic carbocycles. The van der Waals surface area contributed by atoms with E-state index in [-0.39, 0.29) is 11.6 Å². The average molecular weight is 376 g/mol. The Balaban J connectivity index is 2.19. The third kappa shape index (κ3) is 4.95. The number of nitrogens with zero attached hydrogens (tertiary/aromatic N) is 1. The van der Waals surface area contributed by atoms with Gasteiger partial charge in [0.15, 0.2) is 0 Å². The molecule has 1 aromatic carbocycles. The number of hydrogen-bond donors (Lipinski definition) is 2. The third-order valence-electron chi connectivity index (χ3n) is 3.65. The fourth-order valence-electron chi connectivity index (χ4n) is 2.21. The lowest BCUT2D eigenvalue weighted by atomic mass is 10.1. The standard InChI is InChI=1S/C19H22ClN3O3/c1-11(2)10-22-18(24)13-5-6-21-16(8-13)19(25)23-15-7-12(3)14(20)9-17(15)26-4/h5-9,11H,10H2,1-4H3,(H,22,24)(H,23,25). The van der Waals surface area contributed by atoms with Crippen molar-refractivity contribution in [3.8, 4) is 5.75 Å². The number of aryl methyl sites for hydroxylation is 1. The minimum atomic E-state index is -0.441. The van der Waals surface area contributed by atoms with Crippen LogP contribution in [0.5, 0.6) is 5.75 Å². The van der Waals surface area contributed by atoms with Crippen molar-refractivity contribution in [1.29, 1.82) is 0 Å². The Morgan fingerprint density at radius 3 is 2.62 bits per heavy atom. The van der Waals surface area contributed by atoms with Gasteiger partial charge in [0.2, 0.25) is 0 Å². The maximum atomic E-state index is 12.5. The number of benzene rings is 1. The highest BCUT2D eigenvalue weighted by atomic mass is 35.5. The zero-order chi connectivity index (χ0) is 19.3. The van der Waals surface area contributed by atoms with Gasteiger partial charge in [0.25, 0.3) is 11.8 Å². The molecule has 0 atom stereocenters. The van der Waals surface area contributed by atoms with Gasteiger partial charge in [0.1, 0.15) is 11.4 Å². The summed E-state index contributed by atoms with van der Waals surface area (Å²) in [6, 6.07) is 6.38. The second-order valence-corrected chi connectivity index (χ2v) is 6.70. The topological polar surface area (TPSA) is 80.3 Å². The molecule has 0 saturated heterocycles. The molecule has 26 heavy (non-hydrogen) atoms. The average Bonchev–Trinajstić information content (AvgIpc) is 2.62. The quantitative estimate of drug-likeness (QED) is 0.806. The van der Waals surface area contributed by atoms with Gasteiger partial charge in [-0.05, 0) is 36.6 Å². The Morgan fingerprint density at radius 1 is 1.23 bits per heavy atom. The van der Waals surface area contributed by atoms with Gasteiger partial charge in [-0.3, -0.25) is 14.6 Å². The summed E-state index contributed by atoms with van der Waals surface area (Å²) in [5.74, 6) is 0.0996. The molecular weight excluding hydrogens is 354 g/mol. The summed E-state index contributed by atoms with van der Waals surface area (Å²) in [5.41, 5.74) is 1.80. The first-order chi connectivity index (χ1) is 12.3. The van der Waals surface area contributed by atoms with E-state index in [1.165, 1.54) is 19.4 Å². The normalized spacial score (nSPS) is 10.5. The molecule has 0 fully saturated rings. The van der Waals surface area contributed by atoms with Crippen LogP contribution in [0.3, 0.4) is 0 Å². The first-order valence-corrected chi connectivity index (χ1v) is 8.59. The molecule has 2 amide bonds. The van der Waals surface area contributed by atoms with E-state index >= 15 is 0 Å². The van der Waals surface area contributed by atoms with Gasteiger partial charge < -0.3 is 15.4 Å². The molecule has 0 spiro atoms. The Bertz CT molecular complexity index is 822. The molecule has 6 nitrogen and oxygen atoms in total. The second-order valence-electron chi connectivity index (χ2n) is 6.29. The first kappa shape index (κ1) is 19.7. The number of carbonyl (C=O) groups excluding carboxylic acids is 2. The predicted molar refractivity (Wildman–Crippen MR) is 102 cm³/mol. The number of nitrogens with one attached hydrogen (secondary N) is 2. The maximum Gasteiger partial charge on any atom is 0.274 e. The molecule has 2 N–H and O–H groups in total. The molecule has 0 radical (unpaired) electrons. The summed E-state index contributed by atoms with van der Waals surface area (Å²) in [4.78, 5) is 28.7. The lowest BCUT2D eigenvalue weighted by Crippen LogP contribution is -2.27. The van der Waals surface area contributed by atoms with E-state index in [2.05, 4.69) is 15.6 Å². The number of rotatable bonds is 6. The Hall–Kier alpha value is -2.60. The van der Waals surface area contributed by atoms with Crippen LogP contribution >= 0.6 is 11.6 Å². The highest BCUT2D eigenvalue weighted by Gasteiger charge is 2.15. The lowest BCUT2D eigenvalue weighted by molar-refractivity contribution is 0.0949. The van der Waals surface area contributed by atoms with Crippen LogP contribution in [-0.4, -0.2) is 30.5 Å². The second kappa shape index (κ2) is 8.67. The number of hydrogen-bond acceptors (Lipinski definition) is 4. The SMILES string of the molecule is COc1cc(Cl)c(C)cc1NC(=O)c1cc(C(=O)NCC(C)C)ccn1. The number of methoxy groups -OCH3 is 1. The van der Waals surface area contributed by atoms with Gasteiger partial charge in [-0.15, -0.1) is 0 Å². The molecule has 2 rings (SSSR count). The molecule has 0 unspecified atom stereocenters. The van der Waals surface area contributed by atoms with Gasteiger partial charge in [0.05, 0.1) is 12.8 Å². The fraction of sp³-hybridized carbons (Fsp3) is 0.316. The summed E-state index contributed by atoms with van der Waals surface area (Å²) in [6.07, 6.45) is 1.43. The summed E-state index contributed by atoms with van der Waals surface area (Å²) in [6.45, 7) is 6.40. The van der Waals surface area contributed by atoms with Crippen molar-refractivity contribution in [3.63, 3.8) is 0 Å². The van der Waals surface area contributed by atoms with Crippen LogP contribution in [-0.2, 0) is 0 Å². The van der Waals surface area contributed by atoms with Crippen molar-refractivity contribution in [3.05, 3.63) is 52.3 Å². The highest BCUT2D eigenvalue weighted by Crippen LogP contribution is 2.31. The van der Waals surface area contributed by atoms with E-state index in [1.54, 1.807) is 18.2 Å². The van der Waals surface area contributed by atoms with E-state index in [9.17, 15) is 9.59 Å². The van der Waals surface area contributed by atoms with E-state index < -0.39 is 5.91 Å². The lowest BCUT2D eigenvalue weighted by Gasteiger charge is -2.12. The van der Waals surface area contributed by atoms with E-state index in [4.69, 9.17) is 16.3 Å². The Morgan fingerprint density at radius 2 is 1.96 bits per heavy atom. The molecule has 1 aromatic heterocycles. The fourth-order valence-corrected chi connectivity index (χ4v) is 2.36. The number of halogens is 1. The summed E-state index contributed by atoms with van der Waals surface area (Å²) >= 11 is 6.08. The van der Waals surface area contributed by atoms with Gasteiger partial charge >= 0.3 is 0 Å². The van der Waals surface area contributed by atoms with Gasteiger partial charge in [0, 0.05) is 29.4 Å². The van der Waals surface area contributed by atoms with Gasteiger partial charge in [-0.1, -0.05) is 25.4 Å². The number of anilines is 1. The zero-order valence-electron chi connectivity index (χ0n) is 15.2. The molecule has 0 aliphatic rings. The molecule has 2 aromatic rings. The molecule has 0 bridgehead atoms. The third-order valence-corrected chi connectivity index (χ3v) is 4.06. The summed E-state index contributed by atoms with van der Waals surface area (Å²) in [7, 11) is 1.49. The highest BCUT2D eigenvalue weighted by molar-refractivity contribution is 6.31. The van der Waals surface area contributed by atoms with Crippen LogP contribution in [0.4, 0.5) is 5.69 Å². The number of aromatic nitrogens is 1. The number of carbonyl (C=O) groups is 2. The van der Waals surface area contributed by atoms with Gasteiger partial charge in [-0.25, -0.2) is 0 Å². The van der Waals surface area contributed by atoms with Crippen molar-refractivity contribution in [2.24, 2.45) is 5.92 Å². The molecule has 7 heteroatoms. The van der Waals surface area contributed by atoms with Crippen LogP contribution in [0, 0.1) is 12.8 Å². The molecular formula is C19H22ClN3O3. The summed E-state index contributed by atoms with van der Waals surface area (Å²) < 4.78 is 5.25. The zero-order valence-corrected chi connectivity index (χ0v) is 16.0. The Labute approximate surface area is 157 Å². The van der Waals surface area contributed by atoms with Crippen LogP contribution in [0.15, 0.2) is 30.5 Å². The first-order valence-electron chi connectivity index (χ1n) is 8.21.